The van der Waals surface area contributed by atoms with Crippen molar-refractivity contribution in [3.8, 4) is 23.0 Å². The van der Waals surface area contributed by atoms with Crippen molar-refractivity contribution in [1.82, 2.24) is 15.3 Å². The third-order valence-corrected chi connectivity index (χ3v) is 7.10. The summed E-state index contributed by atoms with van der Waals surface area (Å²) in [6, 6.07) is 19.1. The average Bonchev–Trinajstić information content (AvgIpc) is 3.01. The molecule has 4 aromatic rings. The first-order valence-corrected chi connectivity index (χ1v) is 14.2. The highest BCUT2D eigenvalue weighted by Gasteiger charge is 2.15. The van der Waals surface area contributed by atoms with Gasteiger partial charge in [0.15, 0.2) is 23.1 Å². The van der Waals surface area contributed by atoms with Gasteiger partial charge >= 0.3 is 0 Å². The molecule has 2 heterocycles. The number of carbonyl (C=O) groups is 1. The highest BCUT2D eigenvalue weighted by atomic mass is 19.1. The molecule has 1 saturated heterocycles. The van der Waals surface area contributed by atoms with Gasteiger partial charge in [0.1, 0.15) is 5.75 Å². The van der Waals surface area contributed by atoms with Gasteiger partial charge in [0, 0.05) is 24.2 Å². The summed E-state index contributed by atoms with van der Waals surface area (Å²) >= 11 is 0. The van der Waals surface area contributed by atoms with Crippen LogP contribution >= 0.6 is 0 Å². The fourth-order valence-corrected chi connectivity index (χ4v) is 4.94. The van der Waals surface area contributed by atoms with Crippen LogP contribution in [0.25, 0.3) is 10.9 Å². The lowest BCUT2D eigenvalue weighted by molar-refractivity contribution is -0.120. The van der Waals surface area contributed by atoms with Crippen molar-refractivity contribution in [2.24, 2.45) is 5.10 Å². The number of hydrazone groups is 1. The van der Waals surface area contributed by atoms with Gasteiger partial charge in [0.25, 0.3) is 0 Å². The largest absolute Gasteiger partial charge is 0.493 e. The van der Waals surface area contributed by atoms with Crippen LogP contribution in [0.5, 0.6) is 23.0 Å². The molecule has 1 amide bonds. The van der Waals surface area contributed by atoms with E-state index in [1.807, 2.05) is 36.4 Å². The smallest absolute Gasteiger partial charge is 0.244 e. The number of fused-ring (bicyclic) bond motifs is 1. The Hall–Kier alpha value is -4.50. The minimum Gasteiger partial charge on any atom is -0.493 e. The zero-order valence-corrected chi connectivity index (χ0v) is 23.7. The molecule has 1 aliphatic rings. The van der Waals surface area contributed by atoms with Crippen molar-refractivity contribution < 1.29 is 23.4 Å². The number of methoxy groups -OCH3 is 1. The molecular weight excluding hydrogens is 535 g/mol. The molecule has 9 heteroatoms. The molecule has 0 radical (unpaired) electrons. The molecule has 1 N–H and O–H groups in total. The first kappa shape index (κ1) is 29.0. The van der Waals surface area contributed by atoms with Crippen LogP contribution in [0.2, 0.25) is 0 Å². The molecule has 5 rings (SSSR count). The SMILES string of the molecule is COc1cc2c(Oc3ccc(CC(=O)N/N=C/c4ccccc4)cc3F)ccnc2cc1OCCCN1CCCCC1. The molecule has 1 aliphatic heterocycles. The van der Waals surface area contributed by atoms with E-state index in [2.05, 4.69) is 20.4 Å². The number of amides is 1. The second-order valence-electron chi connectivity index (χ2n) is 10.2. The predicted molar refractivity (Wildman–Crippen MR) is 161 cm³/mol. The molecule has 0 spiro atoms. The molecule has 0 aliphatic carbocycles. The summed E-state index contributed by atoms with van der Waals surface area (Å²) in [5.74, 6) is 0.677. The van der Waals surface area contributed by atoms with Crippen LogP contribution in [0.15, 0.2) is 78.0 Å². The predicted octanol–water partition coefficient (Wildman–Crippen LogP) is 6.12. The molecule has 1 aromatic heterocycles. The van der Waals surface area contributed by atoms with E-state index in [1.54, 1.807) is 37.7 Å². The van der Waals surface area contributed by atoms with E-state index < -0.39 is 5.82 Å². The highest BCUT2D eigenvalue weighted by molar-refractivity contribution is 5.88. The van der Waals surface area contributed by atoms with Crippen LogP contribution in [-0.4, -0.2) is 55.4 Å². The number of piperidine rings is 1. The van der Waals surface area contributed by atoms with Gasteiger partial charge in [-0.15, -0.1) is 0 Å². The van der Waals surface area contributed by atoms with E-state index in [0.29, 0.717) is 40.3 Å². The Kier molecular flexibility index (Phi) is 9.95. The van der Waals surface area contributed by atoms with E-state index in [1.165, 1.54) is 31.4 Å². The number of nitrogens with zero attached hydrogens (tertiary/aromatic N) is 3. The number of rotatable bonds is 12. The molecule has 8 nitrogen and oxygen atoms in total. The second kappa shape index (κ2) is 14.4. The molecule has 42 heavy (non-hydrogen) atoms. The number of hydrogen-bond acceptors (Lipinski definition) is 7. The number of likely N-dealkylation sites (tertiary alicyclic amines) is 1. The molecular formula is C33H35FN4O4. The zero-order chi connectivity index (χ0) is 29.1. The van der Waals surface area contributed by atoms with E-state index >= 15 is 4.39 Å². The van der Waals surface area contributed by atoms with Gasteiger partial charge in [-0.3, -0.25) is 9.78 Å². The Morgan fingerprint density at radius 2 is 1.83 bits per heavy atom. The first-order valence-electron chi connectivity index (χ1n) is 14.2. The van der Waals surface area contributed by atoms with Crippen molar-refractivity contribution in [3.05, 3.63) is 89.9 Å². The molecule has 3 aromatic carbocycles. The summed E-state index contributed by atoms with van der Waals surface area (Å²) in [5, 5.41) is 4.61. The average molecular weight is 571 g/mol. The fourth-order valence-electron chi connectivity index (χ4n) is 4.94. The Labute approximate surface area is 245 Å². The van der Waals surface area contributed by atoms with Crippen molar-refractivity contribution in [2.45, 2.75) is 32.1 Å². The summed E-state index contributed by atoms with van der Waals surface area (Å²) in [6.45, 7) is 3.91. The third kappa shape index (κ3) is 7.82. The normalized spacial score (nSPS) is 13.8. The lowest BCUT2D eigenvalue weighted by Gasteiger charge is -2.26. The number of aromatic nitrogens is 1. The number of hydrogen-bond donors (Lipinski definition) is 1. The molecule has 218 valence electrons. The number of nitrogens with one attached hydrogen (secondary N) is 1. The second-order valence-corrected chi connectivity index (χ2v) is 10.2. The number of benzene rings is 3. The van der Waals surface area contributed by atoms with Crippen LogP contribution in [-0.2, 0) is 11.2 Å². The number of halogens is 1. The van der Waals surface area contributed by atoms with Gasteiger partial charge in [-0.25, -0.2) is 9.82 Å². The Morgan fingerprint density at radius 1 is 1.00 bits per heavy atom. The zero-order valence-electron chi connectivity index (χ0n) is 23.7. The maximum Gasteiger partial charge on any atom is 0.244 e. The van der Waals surface area contributed by atoms with Crippen LogP contribution in [0, 0.1) is 5.82 Å². The summed E-state index contributed by atoms with van der Waals surface area (Å²) < 4.78 is 32.6. The van der Waals surface area contributed by atoms with Crippen molar-refractivity contribution in [3.63, 3.8) is 0 Å². The summed E-state index contributed by atoms with van der Waals surface area (Å²) in [6.07, 6.45) is 7.92. The minimum absolute atomic E-state index is 0.0282. The topological polar surface area (TPSA) is 85.3 Å². The van der Waals surface area contributed by atoms with Gasteiger partial charge in [0.2, 0.25) is 5.91 Å². The molecule has 0 atom stereocenters. The summed E-state index contributed by atoms with van der Waals surface area (Å²) in [7, 11) is 1.58. The Bertz CT molecular complexity index is 1520. The fraction of sp³-hybridized carbons (Fsp3) is 0.303. The standard InChI is InChI=1S/C33H35FN4O4/c1-40-31-21-26-28(22-32(31)41-18-8-17-38-15-6-3-7-16-38)35-14-13-29(26)42-30-12-11-25(19-27(30)34)20-33(39)37-36-23-24-9-4-2-5-10-24/h2,4-5,9-14,19,21-23H,3,6-8,15-18,20H2,1H3,(H,37,39)/b36-23+. The van der Waals surface area contributed by atoms with E-state index in [9.17, 15) is 4.79 Å². The summed E-state index contributed by atoms with van der Waals surface area (Å²) in [4.78, 5) is 19.2. The van der Waals surface area contributed by atoms with Crippen LogP contribution < -0.4 is 19.6 Å². The minimum atomic E-state index is -0.585. The van der Waals surface area contributed by atoms with Crippen LogP contribution in [0.1, 0.15) is 36.8 Å². The van der Waals surface area contributed by atoms with E-state index in [-0.39, 0.29) is 18.1 Å². The van der Waals surface area contributed by atoms with Crippen molar-refractivity contribution >= 4 is 23.0 Å². The van der Waals surface area contributed by atoms with Crippen LogP contribution in [0.3, 0.4) is 0 Å². The lowest BCUT2D eigenvalue weighted by Crippen LogP contribution is -2.31. The number of ether oxygens (including phenoxy) is 3. The maximum atomic E-state index is 15.0. The van der Waals surface area contributed by atoms with Crippen molar-refractivity contribution in [1.29, 1.82) is 0 Å². The van der Waals surface area contributed by atoms with Gasteiger partial charge in [-0.1, -0.05) is 42.8 Å². The Balaban J connectivity index is 1.21. The summed E-state index contributed by atoms with van der Waals surface area (Å²) in [5.41, 5.74) is 4.46. The number of pyridine rings is 1. The highest BCUT2D eigenvalue weighted by Crippen LogP contribution is 2.37. The molecule has 1 fully saturated rings. The quantitative estimate of drug-likeness (QED) is 0.125. The van der Waals surface area contributed by atoms with Gasteiger partial charge in [-0.2, -0.15) is 5.10 Å². The van der Waals surface area contributed by atoms with Crippen LogP contribution in [0.4, 0.5) is 4.39 Å². The lowest BCUT2D eigenvalue weighted by atomic mass is 10.1. The third-order valence-electron chi connectivity index (χ3n) is 7.10. The van der Waals surface area contributed by atoms with E-state index in [4.69, 9.17) is 14.2 Å². The monoisotopic (exact) mass is 570 g/mol. The Morgan fingerprint density at radius 3 is 2.62 bits per heavy atom. The first-order chi connectivity index (χ1) is 20.6. The van der Waals surface area contributed by atoms with Crippen molar-refractivity contribution in [2.75, 3.05) is 33.4 Å². The molecule has 0 saturated carbocycles. The number of carbonyl (C=O) groups excluding carboxylic acids is 1. The maximum absolute atomic E-state index is 15.0. The van der Waals surface area contributed by atoms with Gasteiger partial charge in [-0.05, 0) is 67.7 Å². The van der Waals surface area contributed by atoms with Gasteiger partial charge in [0.05, 0.1) is 31.9 Å². The molecule has 0 unspecified atom stereocenters. The van der Waals surface area contributed by atoms with E-state index in [0.717, 1.165) is 31.6 Å². The molecule has 0 bridgehead atoms. The van der Waals surface area contributed by atoms with Gasteiger partial charge < -0.3 is 19.1 Å².